The molecule has 0 radical (unpaired) electrons. The minimum Gasteiger partial charge on any atom is -0.426 e. The van der Waals surface area contributed by atoms with Gasteiger partial charge in [0, 0.05) is 6.92 Å². The van der Waals surface area contributed by atoms with Crippen LogP contribution in [0.25, 0.3) is 0 Å². The van der Waals surface area contributed by atoms with Crippen molar-refractivity contribution in [2.45, 2.75) is 17.9 Å². The first-order valence-corrected chi connectivity index (χ1v) is 11.6. The second-order valence-electron chi connectivity index (χ2n) is 6.85. The van der Waals surface area contributed by atoms with E-state index in [1.807, 2.05) is 0 Å². The van der Waals surface area contributed by atoms with Gasteiger partial charge in [-0.2, -0.15) is 0 Å². The molecule has 0 bridgehead atoms. The maximum absolute atomic E-state index is 12.5. The van der Waals surface area contributed by atoms with Gasteiger partial charge in [-0.25, -0.2) is 18.0 Å². The number of benzene rings is 2. The minimum atomic E-state index is -4.26. The third-order valence-corrected chi connectivity index (χ3v) is 6.00. The molecule has 0 aliphatic rings. The summed E-state index contributed by atoms with van der Waals surface area (Å²) in [6.45, 7) is -0.686. The van der Waals surface area contributed by atoms with E-state index in [0.29, 0.717) is 0 Å². The van der Waals surface area contributed by atoms with Crippen molar-refractivity contribution in [3.8, 4) is 5.75 Å². The van der Waals surface area contributed by atoms with Crippen LogP contribution in [0.2, 0.25) is 0 Å². The van der Waals surface area contributed by atoms with Gasteiger partial charge < -0.3 is 23.9 Å². The average molecular weight is 542 g/mol. The molecular weight excluding hydrogens is 524 g/mol. The molecule has 0 spiro atoms. The molecule has 0 heterocycles. The SMILES string of the molecule is CC(=O)Oc1ccccc1C(=O)OCOC(=O)c1ccc(S(=O)(=O)CC(CO[N+](=O)[O-])O[N+](=O)[O-])cc1. The van der Waals surface area contributed by atoms with Crippen LogP contribution < -0.4 is 4.74 Å². The van der Waals surface area contributed by atoms with Gasteiger partial charge >= 0.3 is 17.9 Å². The maximum Gasteiger partial charge on any atom is 0.344 e. The van der Waals surface area contributed by atoms with Crippen LogP contribution in [0.5, 0.6) is 5.75 Å². The predicted molar refractivity (Wildman–Crippen MR) is 117 cm³/mol. The molecule has 16 nitrogen and oxygen atoms in total. The number of sulfone groups is 1. The van der Waals surface area contributed by atoms with Gasteiger partial charge in [0.2, 0.25) is 6.79 Å². The molecule has 2 aromatic rings. The van der Waals surface area contributed by atoms with E-state index < -0.39 is 63.2 Å². The van der Waals surface area contributed by atoms with E-state index in [1.54, 1.807) is 0 Å². The summed E-state index contributed by atoms with van der Waals surface area (Å²) in [5.41, 5.74) is -0.226. The number of rotatable bonds is 13. The number of carbonyl (C=O) groups is 3. The number of esters is 3. The Hall–Kier alpha value is -4.80. The van der Waals surface area contributed by atoms with E-state index in [4.69, 9.17) is 14.2 Å². The van der Waals surface area contributed by atoms with Crippen LogP contribution in [-0.4, -0.2) is 61.8 Å². The highest BCUT2D eigenvalue weighted by Gasteiger charge is 2.26. The minimum absolute atomic E-state index is 0.0566. The molecule has 0 aliphatic heterocycles. The first-order valence-electron chi connectivity index (χ1n) is 9.92. The number of hydrogen-bond donors (Lipinski definition) is 0. The number of ether oxygens (including phenoxy) is 3. The van der Waals surface area contributed by atoms with Crippen molar-refractivity contribution in [2.24, 2.45) is 0 Å². The molecule has 37 heavy (non-hydrogen) atoms. The largest absolute Gasteiger partial charge is 0.426 e. The molecule has 0 saturated carbocycles. The van der Waals surface area contributed by atoms with Crippen molar-refractivity contribution in [3.05, 3.63) is 79.9 Å². The van der Waals surface area contributed by atoms with Crippen molar-refractivity contribution < 1.29 is 56.9 Å². The first kappa shape index (κ1) is 28.4. The molecule has 2 rings (SSSR count). The first-order chi connectivity index (χ1) is 17.4. The zero-order valence-corrected chi connectivity index (χ0v) is 19.7. The number of hydrogen-bond acceptors (Lipinski definition) is 14. The van der Waals surface area contributed by atoms with Crippen LogP contribution in [0.4, 0.5) is 0 Å². The van der Waals surface area contributed by atoms with Gasteiger partial charge in [0.15, 0.2) is 9.84 Å². The summed E-state index contributed by atoms with van der Waals surface area (Å²) >= 11 is 0. The second-order valence-corrected chi connectivity index (χ2v) is 8.88. The van der Waals surface area contributed by atoms with Crippen molar-refractivity contribution in [3.63, 3.8) is 0 Å². The Labute approximate surface area is 207 Å². The number of carbonyl (C=O) groups excluding carboxylic acids is 3. The highest BCUT2D eigenvalue weighted by Crippen LogP contribution is 2.19. The Morgan fingerprint density at radius 2 is 1.54 bits per heavy atom. The second kappa shape index (κ2) is 12.8. The van der Waals surface area contributed by atoms with Crippen LogP contribution >= 0.6 is 0 Å². The lowest BCUT2D eigenvalue weighted by molar-refractivity contribution is -0.788. The monoisotopic (exact) mass is 542 g/mol. The molecule has 0 N–H and O–H groups in total. The third-order valence-electron chi connectivity index (χ3n) is 4.20. The lowest BCUT2D eigenvalue weighted by Crippen LogP contribution is -2.32. The molecule has 1 atom stereocenters. The fraction of sp³-hybridized carbons (Fsp3) is 0.250. The molecule has 0 saturated heterocycles. The van der Waals surface area contributed by atoms with Crippen molar-refractivity contribution in [2.75, 3.05) is 19.2 Å². The van der Waals surface area contributed by atoms with E-state index in [9.17, 15) is 43.0 Å². The third kappa shape index (κ3) is 9.06. The van der Waals surface area contributed by atoms with E-state index in [1.165, 1.54) is 24.3 Å². The van der Waals surface area contributed by atoms with E-state index in [-0.39, 0.29) is 21.8 Å². The lowest BCUT2D eigenvalue weighted by Gasteiger charge is -2.14. The van der Waals surface area contributed by atoms with Crippen LogP contribution in [0.3, 0.4) is 0 Å². The van der Waals surface area contributed by atoms with Crippen molar-refractivity contribution >= 4 is 27.7 Å². The molecule has 2 aromatic carbocycles. The van der Waals surface area contributed by atoms with Gasteiger partial charge in [-0.15, -0.1) is 20.2 Å². The molecular formula is C20H18N2O14S. The molecule has 0 aliphatic carbocycles. The summed E-state index contributed by atoms with van der Waals surface area (Å²) in [4.78, 5) is 64.0. The Bertz CT molecular complexity index is 1280. The molecule has 17 heteroatoms. The molecule has 1 unspecified atom stereocenters. The van der Waals surface area contributed by atoms with Gasteiger partial charge in [-0.1, -0.05) is 12.1 Å². The Balaban J connectivity index is 1.98. The fourth-order valence-corrected chi connectivity index (χ4v) is 4.08. The lowest BCUT2D eigenvalue weighted by atomic mass is 10.2. The average Bonchev–Trinajstić information content (AvgIpc) is 2.82. The van der Waals surface area contributed by atoms with Gasteiger partial charge in [0.05, 0.1) is 16.2 Å². The van der Waals surface area contributed by atoms with Gasteiger partial charge in [0.1, 0.15) is 24.0 Å². The quantitative estimate of drug-likeness (QED) is 0.114. The van der Waals surface area contributed by atoms with Crippen LogP contribution in [0, 0.1) is 20.2 Å². The predicted octanol–water partition coefficient (Wildman–Crippen LogP) is 1.14. The molecule has 0 amide bonds. The van der Waals surface area contributed by atoms with Gasteiger partial charge in [-0.05, 0) is 36.4 Å². The summed E-state index contributed by atoms with van der Waals surface area (Å²) in [5, 5.41) is 18.2. The summed E-state index contributed by atoms with van der Waals surface area (Å²) < 4.78 is 39.5. The standard InChI is InChI=1S/C20H18N2O14S/c1-13(23)35-18-5-3-2-4-17(18)20(25)33-12-32-19(24)14-6-8-16(9-7-14)37(30,31)11-15(36-22(28)29)10-34-21(26)27/h2-9,15H,10-12H2,1H3. The number of nitrogens with zero attached hydrogens (tertiary/aromatic N) is 2. The van der Waals surface area contributed by atoms with Crippen LogP contribution in [0.15, 0.2) is 53.4 Å². The van der Waals surface area contributed by atoms with Crippen LogP contribution in [0.1, 0.15) is 27.6 Å². The smallest absolute Gasteiger partial charge is 0.344 e. The summed E-state index contributed by atoms with van der Waals surface area (Å²) in [6.07, 6.45) is -1.80. The summed E-state index contributed by atoms with van der Waals surface area (Å²) in [6, 6.07) is 9.80. The normalized spacial score (nSPS) is 11.5. The van der Waals surface area contributed by atoms with Gasteiger partial charge in [-0.3, -0.25) is 4.79 Å². The highest BCUT2D eigenvalue weighted by molar-refractivity contribution is 7.91. The summed E-state index contributed by atoms with van der Waals surface area (Å²) in [7, 11) is -4.26. The van der Waals surface area contributed by atoms with E-state index in [0.717, 1.165) is 31.2 Å². The molecule has 0 aromatic heterocycles. The van der Waals surface area contributed by atoms with Crippen LogP contribution in [-0.2, 0) is 33.8 Å². The Morgan fingerprint density at radius 3 is 2.14 bits per heavy atom. The summed E-state index contributed by atoms with van der Waals surface area (Å²) in [5.74, 6) is -3.68. The fourth-order valence-electron chi connectivity index (χ4n) is 2.69. The molecule has 198 valence electrons. The molecule has 0 fully saturated rings. The van der Waals surface area contributed by atoms with E-state index >= 15 is 0 Å². The topological polar surface area (TPSA) is 218 Å². The van der Waals surface area contributed by atoms with Gasteiger partial charge in [0.25, 0.3) is 10.2 Å². The Kier molecular flexibility index (Phi) is 9.82. The van der Waals surface area contributed by atoms with Crippen molar-refractivity contribution in [1.29, 1.82) is 0 Å². The zero-order valence-electron chi connectivity index (χ0n) is 18.8. The highest BCUT2D eigenvalue weighted by atomic mass is 32.2. The van der Waals surface area contributed by atoms with E-state index in [2.05, 4.69) is 9.68 Å². The Morgan fingerprint density at radius 1 is 0.919 bits per heavy atom. The maximum atomic E-state index is 12.5. The van der Waals surface area contributed by atoms with Crippen molar-refractivity contribution in [1.82, 2.24) is 0 Å². The number of para-hydroxylation sites is 1. The zero-order chi connectivity index (χ0) is 27.6.